The summed E-state index contributed by atoms with van der Waals surface area (Å²) in [6.45, 7) is 0.815. The van der Waals surface area contributed by atoms with Gasteiger partial charge in [-0.15, -0.1) is 0 Å². The molecule has 0 spiro atoms. The number of amides is 1. The first-order chi connectivity index (χ1) is 20.7. The summed E-state index contributed by atoms with van der Waals surface area (Å²) >= 11 is 13.6. The second-order valence-corrected chi connectivity index (χ2v) is 10.6. The Morgan fingerprint density at radius 2 is 1.88 bits per heavy atom. The van der Waals surface area contributed by atoms with E-state index in [-0.39, 0.29) is 57.6 Å². The highest BCUT2D eigenvalue weighted by Gasteiger charge is 2.25. The Morgan fingerprint density at radius 1 is 1.16 bits per heavy atom. The lowest BCUT2D eigenvalue weighted by atomic mass is 10.00. The molecular formula is C30H28Cl2FN5O5. The first kappa shape index (κ1) is 30.6. The van der Waals surface area contributed by atoms with Gasteiger partial charge in [-0.3, -0.25) is 9.59 Å². The van der Waals surface area contributed by atoms with Crippen LogP contribution < -0.4 is 20.9 Å². The van der Waals surface area contributed by atoms with E-state index in [2.05, 4.69) is 20.7 Å². The number of carbonyl (C=O) groups is 1. The molecule has 224 valence electrons. The zero-order valence-corrected chi connectivity index (χ0v) is 24.7. The standard InChI is InChI=1S/C30H28Cl2FN5O5/c1-38-30(41)19(9-11-35-38)28(40)36-23-8-4-6-17(27(23)32)16-5-3-7-18(26(16)31)24-13-21(33)20(29(37-24)42-2)14-34-22-10-12-43-15-25(22)39/h3-9,11,13,22,25,34,39H,10,12,14-15H2,1-2H3,(H,36,40)/t22?,25-/m0/s1. The number of aliphatic hydroxyl groups excluding tert-OH is 1. The number of hydrogen-bond acceptors (Lipinski definition) is 8. The van der Waals surface area contributed by atoms with Crippen molar-refractivity contribution in [2.45, 2.75) is 25.1 Å². The van der Waals surface area contributed by atoms with Crippen LogP contribution in [0.1, 0.15) is 22.3 Å². The van der Waals surface area contributed by atoms with Gasteiger partial charge < -0.3 is 25.2 Å². The molecule has 0 bridgehead atoms. The molecule has 3 N–H and O–H groups in total. The summed E-state index contributed by atoms with van der Waals surface area (Å²) < 4.78 is 27.2. The van der Waals surface area contributed by atoms with Crippen molar-refractivity contribution >= 4 is 34.8 Å². The number of hydrogen-bond donors (Lipinski definition) is 3. The number of nitrogens with zero attached hydrogens (tertiary/aromatic N) is 3. The molecule has 4 aromatic rings. The van der Waals surface area contributed by atoms with Crippen LogP contribution in [0.2, 0.25) is 10.0 Å². The van der Waals surface area contributed by atoms with Crippen molar-refractivity contribution in [3.8, 4) is 28.3 Å². The number of aliphatic hydroxyl groups is 1. The molecule has 5 rings (SSSR count). The highest BCUT2D eigenvalue weighted by Crippen LogP contribution is 2.41. The number of anilines is 1. The van der Waals surface area contributed by atoms with E-state index in [0.717, 1.165) is 4.68 Å². The van der Waals surface area contributed by atoms with Crippen LogP contribution in [-0.2, 0) is 18.3 Å². The van der Waals surface area contributed by atoms with Crippen molar-refractivity contribution in [2.75, 3.05) is 25.6 Å². The zero-order valence-electron chi connectivity index (χ0n) is 23.2. The molecule has 2 aromatic carbocycles. The Balaban J connectivity index is 1.44. The van der Waals surface area contributed by atoms with Crippen molar-refractivity contribution in [3.63, 3.8) is 0 Å². The molecule has 1 unspecified atom stereocenters. The zero-order chi connectivity index (χ0) is 30.7. The third kappa shape index (κ3) is 6.41. The van der Waals surface area contributed by atoms with Crippen molar-refractivity contribution in [2.24, 2.45) is 7.05 Å². The first-order valence-electron chi connectivity index (χ1n) is 13.3. The van der Waals surface area contributed by atoms with Gasteiger partial charge >= 0.3 is 0 Å². The van der Waals surface area contributed by atoms with E-state index in [1.165, 1.54) is 32.5 Å². The summed E-state index contributed by atoms with van der Waals surface area (Å²) in [7, 11) is 2.85. The number of rotatable bonds is 8. The fourth-order valence-electron chi connectivity index (χ4n) is 4.82. The lowest BCUT2D eigenvalue weighted by Crippen LogP contribution is -2.46. The number of nitrogens with one attached hydrogen (secondary N) is 2. The molecule has 2 aromatic heterocycles. The number of carbonyl (C=O) groups excluding carboxylic acids is 1. The van der Waals surface area contributed by atoms with E-state index in [0.29, 0.717) is 29.7 Å². The van der Waals surface area contributed by atoms with Crippen LogP contribution in [0.5, 0.6) is 5.88 Å². The smallest absolute Gasteiger partial charge is 0.279 e. The summed E-state index contributed by atoms with van der Waals surface area (Å²) in [5.41, 5.74) is 1.52. The monoisotopic (exact) mass is 627 g/mol. The SMILES string of the molecule is COc1nc(-c2cccc(-c3cccc(NC(=O)c4ccnn(C)c4=O)c3Cl)c2Cl)cc(F)c1CNC1CCOC[C@@H]1O. The molecule has 1 fully saturated rings. The molecule has 2 atom stereocenters. The molecule has 3 heterocycles. The number of aromatic nitrogens is 3. The Kier molecular flexibility index (Phi) is 9.38. The third-order valence-corrected chi connectivity index (χ3v) is 7.97. The fraction of sp³-hybridized carbons (Fsp3) is 0.267. The Morgan fingerprint density at radius 3 is 2.63 bits per heavy atom. The molecule has 0 radical (unpaired) electrons. The molecule has 10 nitrogen and oxygen atoms in total. The van der Waals surface area contributed by atoms with Gasteiger partial charge in [0.2, 0.25) is 5.88 Å². The van der Waals surface area contributed by atoms with Gasteiger partial charge in [0, 0.05) is 55.2 Å². The molecule has 1 amide bonds. The molecule has 43 heavy (non-hydrogen) atoms. The summed E-state index contributed by atoms with van der Waals surface area (Å²) in [4.78, 5) is 29.7. The summed E-state index contributed by atoms with van der Waals surface area (Å²) in [6.07, 6.45) is 1.25. The molecule has 1 saturated heterocycles. The lowest BCUT2D eigenvalue weighted by molar-refractivity contribution is -0.0281. The van der Waals surface area contributed by atoms with Crippen LogP contribution in [0.3, 0.4) is 0 Å². The largest absolute Gasteiger partial charge is 0.481 e. The maximum Gasteiger partial charge on any atom is 0.279 e. The quantitative estimate of drug-likeness (QED) is 0.261. The van der Waals surface area contributed by atoms with E-state index in [1.807, 2.05) is 0 Å². The predicted octanol–water partition coefficient (Wildman–Crippen LogP) is 4.46. The predicted molar refractivity (Wildman–Crippen MR) is 161 cm³/mol. The lowest BCUT2D eigenvalue weighted by Gasteiger charge is -2.28. The van der Waals surface area contributed by atoms with Crippen LogP contribution in [0.4, 0.5) is 10.1 Å². The normalized spacial score (nSPS) is 16.6. The van der Waals surface area contributed by atoms with Gasteiger partial charge in [-0.05, 0) is 18.6 Å². The van der Waals surface area contributed by atoms with Gasteiger partial charge in [-0.25, -0.2) is 14.1 Å². The summed E-state index contributed by atoms with van der Waals surface area (Å²) in [6, 6.07) is 12.5. The van der Waals surface area contributed by atoms with Gasteiger partial charge in [0.25, 0.3) is 11.5 Å². The van der Waals surface area contributed by atoms with Crippen molar-refractivity contribution in [1.29, 1.82) is 0 Å². The second-order valence-electron chi connectivity index (χ2n) is 9.86. The van der Waals surface area contributed by atoms with E-state index in [9.17, 15) is 14.7 Å². The second kappa shape index (κ2) is 13.2. The average Bonchev–Trinajstić information content (AvgIpc) is 2.99. The molecule has 0 saturated carbocycles. The van der Waals surface area contributed by atoms with E-state index in [4.69, 9.17) is 32.7 Å². The third-order valence-electron chi connectivity index (χ3n) is 7.15. The Hall–Kier alpha value is -3.87. The van der Waals surface area contributed by atoms with E-state index in [1.54, 1.807) is 36.4 Å². The minimum absolute atomic E-state index is 0.0792. The first-order valence-corrected chi connectivity index (χ1v) is 14.1. The number of aryl methyl sites for hydroxylation is 1. The molecule has 1 aliphatic rings. The summed E-state index contributed by atoms with van der Waals surface area (Å²) in [5, 5.41) is 20.3. The van der Waals surface area contributed by atoms with Gasteiger partial charge in [0.1, 0.15) is 11.4 Å². The van der Waals surface area contributed by atoms with Crippen molar-refractivity contribution in [1.82, 2.24) is 20.1 Å². The van der Waals surface area contributed by atoms with Crippen LogP contribution in [-0.4, -0.2) is 58.2 Å². The highest BCUT2D eigenvalue weighted by molar-refractivity contribution is 6.39. The Labute approximate surface area is 256 Å². The van der Waals surface area contributed by atoms with Crippen LogP contribution in [0.15, 0.2) is 59.5 Å². The maximum atomic E-state index is 15.4. The van der Waals surface area contributed by atoms with E-state index < -0.39 is 23.4 Å². The highest BCUT2D eigenvalue weighted by atomic mass is 35.5. The number of benzene rings is 2. The summed E-state index contributed by atoms with van der Waals surface area (Å²) in [5.74, 6) is -1.12. The fourth-order valence-corrected chi connectivity index (χ4v) is 5.42. The van der Waals surface area contributed by atoms with Gasteiger partial charge in [-0.2, -0.15) is 5.10 Å². The average molecular weight is 628 g/mol. The molecule has 0 aliphatic carbocycles. The minimum atomic E-state index is -0.696. The number of halogens is 3. The van der Waals surface area contributed by atoms with E-state index >= 15 is 4.39 Å². The number of ether oxygens (including phenoxy) is 2. The maximum absolute atomic E-state index is 15.4. The van der Waals surface area contributed by atoms with Gasteiger partial charge in [-0.1, -0.05) is 53.5 Å². The van der Waals surface area contributed by atoms with Crippen LogP contribution in [0, 0.1) is 5.82 Å². The number of methoxy groups -OCH3 is 1. The molecular weight excluding hydrogens is 600 g/mol. The van der Waals surface area contributed by atoms with Crippen LogP contribution >= 0.6 is 23.2 Å². The topological polar surface area (TPSA) is 128 Å². The minimum Gasteiger partial charge on any atom is -0.481 e. The van der Waals surface area contributed by atoms with Crippen molar-refractivity contribution < 1.29 is 23.8 Å². The molecule has 13 heteroatoms. The Bertz CT molecular complexity index is 1730. The van der Waals surface area contributed by atoms with Gasteiger partial charge in [0.05, 0.1) is 46.8 Å². The number of pyridine rings is 1. The molecule has 1 aliphatic heterocycles. The van der Waals surface area contributed by atoms with Crippen LogP contribution in [0.25, 0.3) is 22.4 Å². The van der Waals surface area contributed by atoms with Crippen molar-refractivity contribution in [3.05, 3.63) is 92.1 Å². The van der Waals surface area contributed by atoms with Gasteiger partial charge in [0.15, 0.2) is 0 Å².